The predicted octanol–water partition coefficient (Wildman–Crippen LogP) is 2.72. The molecule has 2 rings (SSSR count). The fourth-order valence-electron chi connectivity index (χ4n) is 1.29. The van der Waals surface area contributed by atoms with Crippen LogP contribution in [0.2, 0.25) is 5.02 Å². The van der Waals surface area contributed by atoms with Gasteiger partial charge in [0.1, 0.15) is 5.75 Å². The van der Waals surface area contributed by atoms with Gasteiger partial charge in [-0.2, -0.15) is 0 Å². The van der Waals surface area contributed by atoms with Crippen molar-refractivity contribution < 1.29 is 9.84 Å². The quantitative estimate of drug-likeness (QED) is 0.910. The largest absolute Gasteiger partial charge is 0.436 e. The Morgan fingerprint density at radius 3 is 2.65 bits per heavy atom. The van der Waals surface area contributed by atoms with E-state index in [1.54, 1.807) is 18.2 Å². The Hall–Kier alpha value is -1.65. The first-order valence-electron chi connectivity index (χ1n) is 5.06. The Morgan fingerprint density at radius 1 is 1.24 bits per heavy atom. The van der Waals surface area contributed by atoms with Gasteiger partial charge in [0.25, 0.3) is 0 Å². The smallest absolute Gasteiger partial charge is 0.238 e. The van der Waals surface area contributed by atoms with Crippen molar-refractivity contribution in [3.63, 3.8) is 0 Å². The zero-order chi connectivity index (χ0) is 12.3. The van der Waals surface area contributed by atoms with Crippen molar-refractivity contribution in [2.24, 2.45) is 0 Å². The van der Waals surface area contributed by atoms with Gasteiger partial charge in [-0.15, -0.1) is 10.2 Å². The SMILES string of the molecule is Cc1ccc(Oc2ccc(CO)nn2)c(Cl)c1. The van der Waals surface area contributed by atoms with Crippen LogP contribution in [-0.2, 0) is 6.61 Å². The van der Waals surface area contributed by atoms with Crippen LogP contribution in [0, 0.1) is 6.92 Å². The fourth-order valence-corrected chi connectivity index (χ4v) is 1.56. The van der Waals surface area contributed by atoms with Gasteiger partial charge >= 0.3 is 0 Å². The Bertz CT molecular complexity index is 514. The molecule has 88 valence electrons. The third-order valence-electron chi connectivity index (χ3n) is 2.16. The number of aliphatic hydroxyl groups excluding tert-OH is 1. The van der Waals surface area contributed by atoms with E-state index in [9.17, 15) is 0 Å². The maximum Gasteiger partial charge on any atom is 0.238 e. The summed E-state index contributed by atoms with van der Waals surface area (Å²) in [6.45, 7) is 1.81. The monoisotopic (exact) mass is 250 g/mol. The molecule has 0 spiro atoms. The van der Waals surface area contributed by atoms with Crippen LogP contribution >= 0.6 is 11.6 Å². The zero-order valence-corrected chi connectivity index (χ0v) is 9.98. The van der Waals surface area contributed by atoms with Gasteiger partial charge in [-0.1, -0.05) is 17.7 Å². The van der Waals surface area contributed by atoms with Crippen molar-refractivity contribution in [3.8, 4) is 11.6 Å². The van der Waals surface area contributed by atoms with Crippen LogP contribution in [-0.4, -0.2) is 15.3 Å². The number of aryl methyl sites for hydroxylation is 1. The van der Waals surface area contributed by atoms with E-state index in [0.29, 0.717) is 22.3 Å². The van der Waals surface area contributed by atoms with E-state index in [0.717, 1.165) is 5.56 Å². The van der Waals surface area contributed by atoms with E-state index in [2.05, 4.69) is 10.2 Å². The summed E-state index contributed by atoms with van der Waals surface area (Å²) in [5.41, 5.74) is 1.55. The number of aliphatic hydroxyl groups is 1. The summed E-state index contributed by atoms with van der Waals surface area (Å²) < 4.78 is 5.48. The maximum atomic E-state index is 8.83. The molecule has 0 saturated heterocycles. The van der Waals surface area contributed by atoms with Gasteiger partial charge in [0, 0.05) is 6.07 Å². The van der Waals surface area contributed by atoms with Crippen LogP contribution in [0.1, 0.15) is 11.3 Å². The van der Waals surface area contributed by atoms with Crippen molar-refractivity contribution in [1.29, 1.82) is 0 Å². The second-order valence-electron chi connectivity index (χ2n) is 3.56. The number of hydrogen-bond acceptors (Lipinski definition) is 4. The minimum Gasteiger partial charge on any atom is -0.436 e. The number of hydrogen-bond donors (Lipinski definition) is 1. The molecule has 1 N–H and O–H groups in total. The van der Waals surface area contributed by atoms with E-state index < -0.39 is 0 Å². The Morgan fingerprint density at radius 2 is 2.06 bits per heavy atom. The maximum absolute atomic E-state index is 8.83. The standard InChI is InChI=1S/C12H11ClN2O2/c1-8-2-4-11(10(13)6-8)17-12-5-3-9(7-16)14-15-12/h2-6,16H,7H2,1H3. The number of halogens is 1. The van der Waals surface area contributed by atoms with Crippen LogP contribution in [0.3, 0.4) is 0 Å². The molecule has 0 unspecified atom stereocenters. The minimum atomic E-state index is -0.140. The molecule has 5 heteroatoms. The molecule has 0 aliphatic rings. The highest BCUT2D eigenvalue weighted by atomic mass is 35.5. The third kappa shape index (κ3) is 2.93. The summed E-state index contributed by atoms with van der Waals surface area (Å²) in [6.07, 6.45) is 0. The summed E-state index contributed by atoms with van der Waals surface area (Å²) in [6, 6.07) is 8.77. The lowest BCUT2D eigenvalue weighted by molar-refractivity contribution is 0.274. The molecular weight excluding hydrogens is 240 g/mol. The Labute approximate surface area is 104 Å². The van der Waals surface area contributed by atoms with Crippen LogP contribution in [0.5, 0.6) is 11.6 Å². The third-order valence-corrected chi connectivity index (χ3v) is 2.45. The van der Waals surface area contributed by atoms with E-state index in [1.165, 1.54) is 0 Å². The van der Waals surface area contributed by atoms with Crippen molar-refractivity contribution in [2.75, 3.05) is 0 Å². The van der Waals surface area contributed by atoms with Crippen molar-refractivity contribution in [2.45, 2.75) is 13.5 Å². The Balaban J connectivity index is 2.19. The molecule has 17 heavy (non-hydrogen) atoms. The topological polar surface area (TPSA) is 55.2 Å². The number of rotatable bonds is 3. The second-order valence-corrected chi connectivity index (χ2v) is 3.96. The zero-order valence-electron chi connectivity index (χ0n) is 9.22. The molecule has 1 aromatic carbocycles. The lowest BCUT2D eigenvalue weighted by atomic mass is 10.2. The van der Waals surface area contributed by atoms with Crippen LogP contribution < -0.4 is 4.74 Å². The van der Waals surface area contributed by atoms with Crippen molar-refractivity contribution >= 4 is 11.6 Å². The first kappa shape index (κ1) is 11.8. The van der Waals surface area contributed by atoms with Gasteiger partial charge in [-0.25, -0.2) is 0 Å². The summed E-state index contributed by atoms with van der Waals surface area (Å²) in [7, 11) is 0. The lowest BCUT2D eigenvalue weighted by Gasteiger charge is -2.06. The van der Waals surface area contributed by atoms with Crippen LogP contribution in [0.4, 0.5) is 0 Å². The first-order chi connectivity index (χ1) is 8.19. The number of ether oxygens (including phenoxy) is 1. The van der Waals surface area contributed by atoms with Gasteiger partial charge in [-0.3, -0.25) is 0 Å². The molecule has 1 heterocycles. The van der Waals surface area contributed by atoms with Crippen molar-refractivity contribution in [3.05, 3.63) is 46.6 Å². The summed E-state index contributed by atoms with van der Waals surface area (Å²) >= 11 is 6.02. The van der Waals surface area contributed by atoms with Gasteiger partial charge < -0.3 is 9.84 Å². The molecule has 0 radical (unpaired) electrons. The summed E-state index contributed by atoms with van der Waals surface area (Å²) in [5, 5.41) is 16.9. The molecule has 4 nitrogen and oxygen atoms in total. The minimum absolute atomic E-state index is 0.140. The van der Waals surface area contributed by atoms with Crippen LogP contribution in [0.15, 0.2) is 30.3 Å². The molecule has 0 atom stereocenters. The lowest BCUT2D eigenvalue weighted by Crippen LogP contribution is -1.95. The molecular formula is C12H11ClN2O2. The first-order valence-corrected chi connectivity index (χ1v) is 5.44. The number of benzene rings is 1. The molecule has 2 aromatic rings. The van der Waals surface area contributed by atoms with Crippen molar-refractivity contribution in [1.82, 2.24) is 10.2 Å². The van der Waals surface area contributed by atoms with E-state index in [-0.39, 0.29) is 6.61 Å². The molecule has 0 fully saturated rings. The molecule has 0 amide bonds. The second kappa shape index (κ2) is 5.12. The number of nitrogens with zero attached hydrogens (tertiary/aromatic N) is 2. The predicted molar refractivity (Wildman–Crippen MR) is 64.2 cm³/mol. The molecule has 0 bridgehead atoms. The van der Waals surface area contributed by atoms with E-state index in [1.807, 2.05) is 19.1 Å². The summed E-state index contributed by atoms with van der Waals surface area (Å²) in [5.74, 6) is 0.872. The average molecular weight is 251 g/mol. The highest BCUT2D eigenvalue weighted by Crippen LogP contribution is 2.28. The summed E-state index contributed by atoms with van der Waals surface area (Å²) in [4.78, 5) is 0. The Kier molecular flexibility index (Phi) is 3.56. The van der Waals surface area contributed by atoms with Gasteiger partial charge in [0.15, 0.2) is 0 Å². The highest BCUT2D eigenvalue weighted by molar-refractivity contribution is 6.32. The number of aromatic nitrogens is 2. The molecule has 0 saturated carbocycles. The van der Waals surface area contributed by atoms with Gasteiger partial charge in [0.05, 0.1) is 17.3 Å². The molecule has 0 aliphatic heterocycles. The van der Waals surface area contributed by atoms with E-state index >= 15 is 0 Å². The normalized spacial score (nSPS) is 10.3. The average Bonchev–Trinajstić information content (AvgIpc) is 2.34. The van der Waals surface area contributed by atoms with E-state index in [4.69, 9.17) is 21.4 Å². The molecule has 1 aromatic heterocycles. The van der Waals surface area contributed by atoms with Crippen LogP contribution in [0.25, 0.3) is 0 Å². The molecule has 0 aliphatic carbocycles. The van der Waals surface area contributed by atoms with Gasteiger partial charge in [0.2, 0.25) is 5.88 Å². The fraction of sp³-hybridized carbons (Fsp3) is 0.167. The highest BCUT2D eigenvalue weighted by Gasteiger charge is 2.04. The van der Waals surface area contributed by atoms with Gasteiger partial charge in [-0.05, 0) is 30.7 Å².